The zero-order valence-electron chi connectivity index (χ0n) is 12.1. The second-order valence-electron chi connectivity index (χ2n) is 5.15. The summed E-state index contributed by atoms with van der Waals surface area (Å²) in [5, 5.41) is 0. The van der Waals surface area contributed by atoms with E-state index in [9.17, 15) is 9.18 Å². The van der Waals surface area contributed by atoms with Gasteiger partial charge in [-0.1, -0.05) is 30.8 Å². The first-order valence-corrected chi connectivity index (χ1v) is 6.89. The zero-order valence-corrected chi connectivity index (χ0v) is 12.1. The Morgan fingerprint density at radius 2 is 1.64 bits per heavy atom. The molecule has 3 rings (SSSR count). The molecular weight excluding hydrogens is 283 g/mol. The van der Waals surface area contributed by atoms with E-state index in [1.54, 1.807) is 19.2 Å². The zero-order chi connectivity index (χ0) is 15.7. The Balaban J connectivity index is 1.98. The van der Waals surface area contributed by atoms with Gasteiger partial charge in [0.1, 0.15) is 17.7 Å². The molecule has 1 fully saturated rings. The minimum atomic E-state index is -0.462. The maximum atomic E-state index is 13.1. The number of rotatable bonds is 3. The molecule has 1 aliphatic rings. The highest BCUT2D eigenvalue weighted by molar-refractivity contribution is 5.92. The van der Waals surface area contributed by atoms with Crippen molar-refractivity contribution in [2.75, 3.05) is 7.11 Å². The van der Waals surface area contributed by atoms with Gasteiger partial charge in [-0.2, -0.15) is 0 Å². The summed E-state index contributed by atoms with van der Waals surface area (Å²) in [6.07, 6.45) is -0.462. The summed E-state index contributed by atoms with van der Waals surface area (Å²) in [6.45, 7) is 3.83. The van der Waals surface area contributed by atoms with E-state index in [4.69, 9.17) is 9.47 Å². The highest BCUT2D eigenvalue weighted by atomic mass is 19.1. The van der Waals surface area contributed by atoms with E-state index in [-0.39, 0.29) is 11.7 Å². The number of carbonyl (C=O) groups excluding carboxylic acids is 1. The number of hydrogen-bond acceptors (Lipinski definition) is 3. The average molecular weight is 298 g/mol. The molecule has 2 aromatic carbocycles. The highest BCUT2D eigenvalue weighted by Gasteiger charge is 2.40. The summed E-state index contributed by atoms with van der Waals surface area (Å²) >= 11 is 0. The molecule has 0 aliphatic carbocycles. The molecule has 0 bridgehead atoms. The molecular formula is C18H15FO3. The average Bonchev–Trinajstić information content (AvgIpc) is 2.84. The molecule has 2 atom stereocenters. The monoisotopic (exact) mass is 298 g/mol. The Kier molecular flexibility index (Phi) is 3.67. The largest absolute Gasteiger partial charge is 0.497 e. The Bertz CT molecular complexity index is 704. The first kappa shape index (κ1) is 14.3. The Morgan fingerprint density at radius 3 is 2.23 bits per heavy atom. The van der Waals surface area contributed by atoms with Gasteiger partial charge in [0.05, 0.1) is 13.0 Å². The van der Waals surface area contributed by atoms with Crippen LogP contribution in [-0.4, -0.2) is 13.1 Å². The molecule has 112 valence electrons. The van der Waals surface area contributed by atoms with Gasteiger partial charge in [-0.25, -0.2) is 9.18 Å². The lowest BCUT2D eigenvalue weighted by atomic mass is 9.86. The van der Waals surface area contributed by atoms with Crippen LogP contribution in [0.15, 0.2) is 60.7 Å². The van der Waals surface area contributed by atoms with E-state index in [1.807, 2.05) is 24.3 Å². The molecule has 0 aromatic heterocycles. The second kappa shape index (κ2) is 5.64. The van der Waals surface area contributed by atoms with Crippen LogP contribution < -0.4 is 4.74 Å². The van der Waals surface area contributed by atoms with E-state index in [0.29, 0.717) is 5.57 Å². The molecule has 0 unspecified atom stereocenters. The lowest BCUT2D eigenvalue weighted by Crippen LogP contribution is -2.07. The SMILES string of the molecule is C=C1C(=O)O[C@@H](c2ccc(OC)cc2)[C@H]1c1ccc(F)cc1. The van der Waals surface area contributed by atoms with Crippen molar-refractivity contribution in [3.05, 3.63) is 77.6 Å². The summed E-state index contributed by atoms with van der Waals surface area (Å²) in [6, 6.07) is 13.4. The Hall–Kier alpha value is -2.62. The molecule has 3 nitrogen and oxygen atoms in total. The quantitative estimate of drug-likeness (QED) is 0.639. The first-order valence-electron chi connectivity index (χ1n) is 6.89. The highest BCUT2D eigenvalue weighted by Crippen LogP contribution is 2.45. The second-order valence-corrected chi connectivity index (χ2v) is 5.15. The molecule has 0 N–H and O–H groups in total. The summed E-state index contributed by atoms with van der Waals surface area (Å²) in [7, 11) is 1.59. The van der Waals surface area contributed by atoms with Gasteiger partial charge in [-0.05, 0) is 35.4 Å². The van der Waals surface area contributed by atoms with Gasteiger partial charge in [-0.3, -0.25) is 0 Å². The number of hydrogen-bond donors (Lipinski definition) is 0. The van der Waals surface area contributed by atoms with Crippen molar-refractivity contribution in [2.45, 2.75) is 12.0 Å². The molecule has 1 aliphatic heterocycles. The van der Waals surface area contributed by atoms with Crippen LogP contribution in [-0.2, 0) is 9.53 Å². The summed E-state index contributed by atoms with van der Waals surface area (Å²) in [5.74, 6) is -0.331. The minimum Gasteiger partial charge on any atom is -0.497 e. The molecule has 0 spiro atoms. The van der Waals surface area contributed by atoms with Crippen molar-refractivity contribution >= 4 is 5.97 Å². The van der Waals surface area contributed by atoms with Gasteiger partial charge in [0.15, 0.2) is 0 Å². The van der Waals surface area contributed by atoms with Crippen molar-refractivity contribution in [1.29, 1.82) is 0 Å². The Labute approximate surface area is 128 Å². The van der Waals surface area contributed by atoms with Crippen molar-refractivity contribution in [3.8, 4) is 5.75 Å². The van der Waals surface area contributed by atoms with Gasteiger partial charge in [0, 0.05) is 5.57 Å². The van der Waals surface area contributed by atoms with Crippen molar-refractivity contribution < 1.29 is 18.7 Å². The van der Waals surface area contributed by atoms with Crippen molar-refractivity contribution in [2.24, 2.45) is 0 Å². The van der Waals surface area contributed by atoms with Crippen LogP contribution in [0.3, 0.4) is 0 Å². The van der Waals surface area contributed by atoms with E-state index in [2.05, 4.69) is 6.58 Å². The molecule has 4 heteroatoms. The number of ether oxygens (including phenoxy) is 2. The standard InChI is InChI=1S/C18H15FO3/c1-11-16(12-3-7-14(19)8-4-12)17(22-18(11)20)13-5-9-15(21-2)10-6-13/h3-10,16-17H,1H2,2H3/t16-,17+/m1/s1. The van der Waals surface area contributed by atoms with Crippen LogP contribution in [0, 0.1) is 5.82 Å². The molecule has 1 heterocycles. The van der Waals surface area contributed by atoms with Crippen LogP contribution in [0.2, 0.25) is 0 Å². The van der Waals surface area contributed by atoms with E-state index >= 15 is 0 Å². The smallest absolute Gasteiger partial charge is 0.334 e. The minimum absolute atomic E-state index is 0.318. The molecule has 0 radical (unpaired) electrons. The fourth-order valence-electron chi connectivity index (χ4n) is 2.67. The van der Waals surface area contributed by atoms with Crippen molar-refractivity contribution in [1.82, 2.24) is 0 Å². The fourth-order valence-corrected chi connectivity index (χ4v) is 2.67. The van der Waals surface area contributed by atoms with E-state index in [0.717, 1.165) is 16.9 Å². The van der Waals surface area contributed by atoms with Gasteiger partial charge >= 0.3 is 5.97 Å². The normalized spacial score (nSPS) is 20.8. The lowest BCUT2D eigenvalue weighted by Gasteiger charge is -2.18. The van der Waals surface area contributed by atoms with Crippen LogP contribution >= 0.6 is 0 Å². The maximum Gasteiger partial charge on any atom is 0.334 e. The molecule has 0 amide bonds. The van der Waals surface area contributed by atoms with Crippen molar-refractivity contribution in [3.63, 3.8) is 0 Å². The third-order valence-electron chi connectivity index (χ3n) is 3.85. The van der Waals surface area contributed by atoms with E-state index < -0.39 is 12.1 Å². The number of carbonyl (C=O) groups is 1. The van der Waals surface area contributed by atoms with E-state index in [1.165, 1.54) is 12.1 Å². The predicted molar refractivity (Wildman–Crippen MR) is 80.1 cm³/mol. The van der Waals surface area contributed by atoms with Crippen LogP contribution in [0.1, 0.15) is 23.1 Å². The van der Waals surface area contributed by atoms with Crippen LogP contribution in [0.5, 0.6) is 5.75 Å². The molecule has 1 saturated heterocycles. The lowest BCUT2D eigenvalue weighted by molar-refractivity contribution is -0.139. The number of methoxy groups -OCH3 is 1. The Morgan fingerprint density at radius 1 is 1.05 bits per heavy atom. The number of halogens is 1. The van der Waals surface area contributed by atoms with Gasteiger partial charge in [0.25, 0.3) is 0 Å². The maximum absolute atomic E-state index is 13.1. The summed E-state index contributed by atoms with van der Waals surface area (Å²) in [4.78, 5) is 11.9. The van der Waals surface area contributed by atoms with Gasteiger partial charge in [-0.15, -0.1) is 0 Å². The number of esters is 1. The number of cyclic esters (lactones) is 1. The summed E-state index contributed by atoms with van der Waals surface area (Å²) < 4.78 is 23.7. The number of benzene rings is 2. The van der Waals surface area contributed by atoms with Crippen LogP contribution in [0.4, 0.5) is 4.39 Å². The molecule has 22 heavy (non-hydrogen) atoms. The topological polar surface area (TPSA) is 35.5 Å². The molecule has 0 saturated carbocycles. The summed E-state index contributed by atoms with van der Waals surface area (Å²) in [5.41, 5.74) is 2.03. The predicted octanol–water partition coefficient (Wildman–Crippen LogP) is 3.77. The fraction of sp³-hybridized carbons (Fsp3) is 0.167. The first-order chi connectivity index (χ1) is 10.6. The van der Waals surface area contributed by atoms with Crippen LogP contribution in [0.25, 0.3) is 0 Å². The molecule has 2 aromatic rings. The third-order valence-corrected chi connectivity index (χ3v) is 3.85. The van der Waals surface area contributed by atoms with Gasteiger partial charge in [0.2, 0.25) is 0 Å². The van der Waals surface area contributed by atoms with Gasteiger partial charge < -0.3 is 9.47 Å². The third kappa shape index (κ3) is 2.48.